The van der Waals surface area contributed by atoms with E-state index in [9.17, 15) is 4.79 Å². The molecule has 0 atom stereocenters. The second-order valence-corrected chi connectivity index (χ2v) is 5.25. The SMILES string of the molecule is O=C(C1CCC1)N1CC2(CCNC2)C1. The molecule has 3 heteroatoms. The van der Waals surface area contributed by atoms with E-state index in [0.717, 1.165) is 39.0 Å². The number of nitrogens with zero attached hydrogens (tertiary/aromatic N) is 1. The fourth-order valence-electron chi connectivity index (χ4n) is 2.90. The van der Waals surface area contributed by atoms with E-state index in [1.54, 1.807) is 0 Å². The van der Waals surface area contributed by atoms with Crippen molar-refractivity contribution in [3.8, 4) is 0 Å². The number of hydrogen-bond acceptors (Lipinski definition) is 2. The van der Waals surface area contributed by atoms with Crippen LogP contribution in [0.4, 0.5) is 0 Å². The van der Waals surface area contributed by atoms with E-state index in [1.807, 2.05) is 0 Å². The summed E-state index contributed by atoms with van der Waals surface area (Å²) in [7, 11) is 0. The van der Waals surface area contributed by atoms with Crippen LogP contribution < -0.4 is 5.32 Å². The van der Waals surface area contributed by atoms with E-state index < -0.39 is 0 Å². The van der Waals surface area contributed by atoms with Gasteiger partial charge in [-0.25, -0.2) is 0 Å². The minimum atomic E-state index is 0.390. The zero-order valence-corrected chi connectivity index (χ0v) is 8.59. The third-order valence-corrected chi connectivity index (χ3v) is 4.15. The van der Waals surface area contributed by atoms with Crippen LogP contribution in [0.2, 0.25) is 0 Å². The molecule has 0 unspecified atom stereocenters. The van der Waals surface area contributed by atoms with E-state index in [4.69, 9.17) is 0 Å². The van der Waals surface area contributed by atoms with Crippen LogP contribution in [0.1, 0.15) is 25.7 Å². The van der Waals surface area contributed by atoms with Crippen LogP contribution in [0.3, 0.4) is 0 Å². The quantitative estimate of drug-likeness (QED) is 0.663. The molecule has 3 aliphatic rings. The van der Waals surface area contributed by atoms with Crippen molar-refractivity contribution in [3.63, 3.8) is 0 Å². The van der Waals surface area contributed by atoms with Crippen LogP contribution in [0.15, 0.2) is 0 Å². The maximum Gasteiger partial charge on any atom is 0.225 e. The summed E-state index contributed by atoms with van der Waals surface area (Å²) in [4.78, 5) is 13.9. The average Bonchev–Trinajstić information content (AvgIpc) is 2.45. The summed E-state index contributed by atoms with van der Waals surface area (Å²) in [6.07, 6.45) is 4.81. The molecule has 1 N–H and O–H groups in total. The summed E-state index contributed by atoms with van der Waals surface area (Å²) in [5, 5.41) is 3.39. The molecule has 2 saturated heterocycles. The molecule has 1 spiro atoms. The second-order valence-electron chi connectivity index (χ2n) is 5.25. The summed E-state index contributed by atoms with van der Waals surface area (Å²) in [6.45, 7) is 4.32. The van der Waals surface area contributed by atoms with E-state index >= 15 is 0 Å². The van der Waals surface area contributed by atoms with E-state index in [2.05, 4.69) is 10.2 Å². The van der Waals surface area contributed by atoms with Crippen molar-refractivity contribution in [2.75, 3.05) is 26.2 Å². The molecule has 0 radical (unpaired) electrons. The molecule has 3 nitrogen and oxygen atoms in total. The van der Waals surface area contributed by atoms with Crippen LogP contribution in [0, 0.1) is 11.3 Å². The monoisotopic (exact) mass is 194 g/mol. The van der Waals surface area contributed by atoms with Gasteiger partial charge in [-0.1, -0.05) is 6.42 Å². The van der Waals surface area contributed by atoms with Gasteiger partial charge in [0.15, 0.2) is 0 Å². The van der Waals surface area contributed by atoms with Gasteiger partial charge >= 0.3 is 0 Å². The fraction of sp³-hybridized carbons (Fsp3) is 0.909. The van der Waals surface area contributed by atoms with Gasteiger partial charge in [0, 0.05) is 31.0 Å². The van der Waals surface area contributed by atoms with Gasteiger partial charge in [-0.3, -0.25) is 4.79 Å². The lowest BCUT2D eigenvalue weighted by Gasteiger charge is -2.49. The zero-order chi connectivity index (χ0) is 9.60. The van der Waals surface area contributed by atoms with Crippen molar-refractivity contribution in [2.45, 2.75) is 25.7 Å². The Balaban J connectivity index is 1.55. The van der Waals surface area contributed by atoms with Crippen molar-refractivity contribution < 1.29 is 4.79 Å². The van der Waals surface area contributed by atoms with Gasteiger partial charge in [-0.2, -0.15) is 0 Å². The average molecular weight is 194 g/mol. The molecule has 3 fully saturated rings. The Morgan fingerprint density at radius 3 is 2.64 bits per heavy atom. The van der Waals surface area contributed by atoms with Crippen LogP contribution in [-0.4, -0.2) is 37.0 Å². The molecule has 0 aromatic carbocycles. The van der Waals surface area contributed by atoms with Gasteiger partial charge in [0.1, 0.15) is 0 Å². The third-order valence-electron chi connectivity index (χ3n) is 4.15. The highest BCUT2D eigenvalue weighted by atomic mass is 16.2. The van der Waals surface area contributed by atoms with Crippen LogP contribution in [0.5, 0.6) is 0 Å². The smallest absolute Gasteiger partial charge is 0.225 e. The molecule has 3 rings (SSSR count). The number of carbonyl (C=O) groups is 1. The summed E-state index contributed by atoms with van der Waals surface area (Å²) < 4.78 is 0. The number of likely N-dealkylation sites (tertiary alicyclic amines) is 1. The Kier molecular flexibility index (Phi) is 1.84. The predicted octanol–water partition coefficient (Wildman–Crippen LogP) is 0.608. The first-order valence-corrected chi connectivity index (χ1v) is 5.79. The summed E-state index contributed by atoms with van der Waals surface area (Å²) in [6, 6.07) is 0. The van der Waals surface area contributed by atoms with Gasteiger partial charge in [0.2, 0.25) is 5.91 Å². The normalized spacial score (nSPS) is 30.1. The standard InChI is InChI=1S/C11H18N2O/c14-10(9-2-1-3-9)13-7-11(8-13)4-5-12-6-11/h9,12H,1-8H2. The summed E-state index contributed by atoms with van der Waals surface area (Å²) in [5.74, 6) is 0.829. The Morgan fingerprint density at radius 2 is 2.14 bits per heavy atom. The molecule has 0 bridgehead atoms. The van der Waals surface area contributed by atoms with Gasteiger partial charge in [-0.15, -0.1) is 0 Å². The number of nitrogens with one attached hydrogen (secondary N) is 1. The van der Waals surface area contributed by atoms with Crippen LogP contribution in [0.25, 0.3) is 0 Å². The molecule has 1 amide bonds. The van der Waals surface area contributed by atoms with Crippen molar-refractivity contribution in [1.29, 1.82) is 0 Å². The molecule has 2 heterocycles. The minimum absolute atomic E-state index is 0.390. The molecule has 14 heavy (non-hydrogen) atoms. The topological polar surface area (TPSA) is 32.3 Å². The highest BCUT2D eigenvalue weighted by Crippen LogP contribution is 2.39. The molecule has 78 valence electrons. The molecule has 0 aromatic heterocycles. The summed E-state index contributed by atoms with van der Waals surface area (Å²) >= 11 is 0. The highest BCUT2D eigenvalue weighted by Gasteiger charge is 2.48. The van der Waals surface area contributed by atoms with Crippen molar-refractivity contribution in [1.82, 2.24) is 10.2 Å². The van der Waals surface area contributed by atoms with Crippen molar-refractivity contribution >= 4 is 5.91 Å². The third kappa shape index (κ3) is 1.18. The van der Waals surface area contributed by atoms with Gasteiger partial charge < -0.3 is 10.2 Å². The molecular weight excluding hydrogens is 176 g/mol. The number of rotatable bonds is 1. The Morgan fingerprint density at radius 1 is 1.36 bits per heavy atom. The number of hydrogen-bond donors (Lipinski definition) is 1. The Labute approximate surface area is 84.8 Å². The highest BCUT2D eigenvalue weighted by molar-refractivity contribution is 5.80. The van der Waals surface area contributed by atoms with E-state index in [-0.39, 0.29) is 0 Å². The van der Waals surface area contributed by atoms with Gasteiger partial charge in [0.25, 0.3) is 0 Å². The number of carbonyl (C=O) groups excluding carboxylic acids is 1. The van der Waals surface area contributed by atoms with Gasteiger partial charge in [0.05, 0.1) is 0 Å². The lowest BCUT2D eigenvalue weighted by Crippen LogP contribution is -2.61. The fourth-order valence-corrected chi connectivity index (χ4v) is 2.90. The summed E-state index contributed by atoms with van der Waals surface area (Å²) in [5.41, 5.74) is 0.472. The first-order valence-electron chi connectivity index (χ1n) is 5.79. The van der Waals surface area contributed by atoms with Crippen LogP contribution in [-0.2, 0) is 4.79 Å². The Bertz CT molecular complexity index is 246. The molecule has 1 saturated carbocycles. The zero-order valence-electron chi connectivity index (χ0n) is 8.59. The van der Waals surface area contributed by atoms with Crippen molar-refractivity contribution in [2.24, 2.45) is 11.3 Å². The lowest BCUT2D eigenvalue weighted by atomic mass is 9.76. The predicted molar refractivity (Wildman–Crippen MR) is 53.8 cm³/mol. The van der Waals surface area contributed by atoms with Crippen molar-refractivity contribution in [3.05, 3.63) is 0 Å². The van der Waals surface area contributed by atoms with E-state index in [1.165, 1.54) is 12.8 Å². The van der Waals surface area contributed by atoms with E-state index in [0.29, 0.717) is 17.2 Å². The molecule has 2 aliphatic heterocycles. The maximum atomic E-state index is 11.9. The van der Waals surface area contributed by atoms with Crippen LogP contribution >= 0.6 is 0 Å². The lowest BCUT2D eigenvalue weighted by molar-refractivity contribution is -0.149. The molecular formula is C11H18N2O. The second kappa shape index (κ2) is 2.96. The minimum Gasteiger partial charge on any atom is -0.341 e. The largest absolute Gasteiger partial charge is 0.341 e. The first-order chi connectivity index (χ1) is 6.79. The number of amides is 1. The Hall–Kier alpha value is -0.570. The molecule has 1 aliphatic carbocycles. The van der Waals surface area contributed by atoms with Gasteiger partial charge in [-0.05, 0) is 25.8 Å². The molecule has 0 aromatic rings. The first kappa shape index (κ1) is 8.72. The maximum absolute atomic E-state index is 11.9.